The van der Waals surface area contributed by atoms with E-state index in [4.69, 9.17) is 15.7 Å². The quantitative estimate of drug-likeness (QED) is 0.703. The Kier molecular flexibility index (Phi) is 4.36. The SMILES string of the molecule is Cn1ncc(-c2nc(N[C@H]3CC[C@H](N)CC3)nc3sccc23)c1CC1CC1. The normalized spacial score (nSPS) is 23.0. The largest absolute Gasteiger partial charge is 0.351 e. The van der Waals surface area contributed by atoms with Gasteiger partial charge >= 0.3 is 0 Å². The highest BCUT2D eigenvalue weighted by molar-refractivity contribution is 7.16. The summed E-state index contributed by atoms with van der Waals surface area (Å²) in [5, 5.41) is 11.3. The van der Waals surface area contributed by atoms with Crippen LogP contribution in [0.4, 0.5) is 5.95 Å². The molecule has 0 radical (unpaired) electrons. The van der Waals surface area contributed by atoms with Crippen molar-refractivity contribution in [3.05, 3.63) is 23.3 Å². The van der Waals surface area contributed by atoms with E-state index in [0.717, 1.165) is 65.4 Å². The van der Waals surface area contributed by atoms with E-state index in [0.29, 0.717) is 12.1 Å². The lowest BCUT2D eigenvalue weighted by molar-refractivity contribution is 0.410. The van der Waals surface area contributed by atoms with Gasteiger partial charge in [-0.25, -0.2) is 9.97 Å². The Morgan fingerprint density at radius 3 is 2.78 bits per heavy atom. The molecule has 3 N–H and O–H groups in total. The number of hydrogen-bond donors (Lipinski definition) is 2. The molecule has 5 rings (SSSR count). The van der Waals surface area contributed by atoms with Crippen molar-refractivity contribution in [3.8, 4) is 11.3 Å². The second kappa shape index (κ2) is 6.87. The first-order valence-corrected chi connectivity index (χ1v) is 10.8. The number of nitrogens with zero attached hydrogens (tertiary/aromatic N) is 4. The van der Waals surface area contributed by atoms with Crippen LogP contribution in [0, 0.1) is 5.92 Å². The minimum Gasteiger partial charge on any atom is -0.351 e. The zero-order valence-electron chi connectivity index (χ0n) is 15.7. The minimum absolute atomic E-state index is 0.347. The van der Waals surface area contributed by atoms with E-state index in [9.17, 15) is 0 Å². The van der Waals surface area contributed by atoms with Gasteiger partial charge in [-0.05, 0) is 62.3 Å². The zero-order valence-corrected chi connectivity index (χ0v) is 16.5. The number of thiophene rings is 1. The Morgan fingerprint density at radius 2 is 2.00 bits per heavy atom. The van der Waals surface area contributed by atoms with Gasteiger partial charge in [0.05, 0.1) is 11.9 Å². The Hall–Kier alpha value is -1.99. The van der Waals surface area contributed by atoms with Gasteiger partial charge in [0, 0.05) is 35.8 Å². The molecule has 0 aliphatic heterocycles. The van der Waals surface area contributed by atoms with E-state index in [1.807, 2.05) is 17.9 Å². The number of anilines is 1. The van der Waals surface area contributed by atoms with E-state index in [1.165, 1.54) is 18.5 Å². The monoisotopic (exact) mass is 382 g/mol. The summed E-state index contributed by atoms with van der Waals surface area (Å²) in [7, 11) is 2.04. The summed E-state index contributed by atoms with van der Waals surface area (Å²) in [4.78, 5) is 10.8. The summed E-state index contributed by atoms with van der Waals surface area (Å²) in [6.07, 6.45) is 10.0. The molecule has 2 aliphatic carbocycles. The van der Waals surface area contributed by atoms with Crippen LogP contribution in [0.15, 0.2) is 17.6 Å². The van der Waals surface area contributed by atoms with E-state index >= 15 is 0 Å². The van der Waals surface area contributed by atoms with Gasteiger partial charge in [0.1, 0.15) is 4.83 Å². The molecule has 7 heteroatoms. The molecule has 0 bridgehead atoms. The maximum absolute atomic E-state index is 6.05. The molecular formula is C20H26N6S. The molecule has 2 aliphatic rings. The molecular weight excluding hydrogens is 356 g/mol. The van der Waals surface area contributed by atoms with Crippen molar-refractivity contribution in [2.75, 3.05) is 5.32 Å². The highest BCUT2D eigenvalue weighted by Crippen LogP contribution is 2.37. The molecule has 142 valence electrons. The number of fused-ring (bicyclic) bond motifs is 1. The van der Waals surface area contributed by atoms with Crippen LogP contribution < -0.4 is 11.1 Å². The lowest BCUT2D eigenvalue weighted by atomic mass is 9.92. The molecule has 3 aromatic rings. The number of nitrogens with two attached hydrogens (primary N) is 1. The van der Waals surface area contributed by atoms with Gasteiger partial charge in [-0.3, -0.25) is 4.68 Å². The topological polar surface area (TPSA) is 81.7 Å². The molecule has 27 heavy (non-hydrogen) atoms. The number of hydrogen-bond acceptors (Lipinski definition) is 6. The maximum Gasteiger partial charge on any atom is 0.224 e. The molecule has 0 atom stereocenters. The van der Waals surface area contributed by atoms with Gasteiger partial charge in [0.15, 0.2) is 0 Å². The average Bonchev–Trinajstić information content (AvgIpc) is 3.23. The van der Waals surface area contributed by atoms with E-state index in [-0.39, 0.29) is 0 Å². The summed E-state index contributed by atoms with van der Waals surface area (Å²) in [6.45, 7) is 0. The smallest absolute Gasteiger partial charge is 0.224 e. The fourth-order valence-electron chi connectivity index (χ4n) is 4.07. The lowest BCUT2D eigenvalue weighted by Crippen LogP contribution is -2.33. The van der Waals surface area contributed by atoms with Crippen LogP contribution in [0.3, 0.4) is 0 Å². The van der Waals surface area contributed by atoms with E-state index in [2.05, 4.69) is 21.9 Å². The maximum atomic E-state index is 6.05. The molecule has 2 fully saturated rings. The molecule has 6 nitrogen and oxygen atoms in total. The second-order valence-corrected chi connectivity index (χ2v) is 8.96. The fraction of sp³-hybridized carbons (Fsp3) is 0.550. The Bertz CT molecular complexity index is 949. The van der Waals surface area contributed by atoms with E-state index < -0.39 is 0 Å². The van der Waals surface area contributed by atoms with Crippen LogP contribution in [0.2, 0.25) is 0 Å². The third kappa shape index (κ3) is 3.46. The van der Waals surface area contributed by atoms with Crippen LogP contribution in [0.1, 0.15) is 44.2 Å². The zero-order chi connectivity index (χ0) is 18.4. The van der Waals surface area contributed by atoms with E-state index in [1.54, 1.807) is 11.3 Å². The van der Waals surface area contributed by atoms with Gasteiger partial charge < -0.3 is 11.1 Å². The van der Waals surface area contributed by atoms with Gasteiger partial charge in [-0.1, -0.05) is 0 Å². The lowest BCUT2D eigenvalue weighted by Gasteiger charge is -2.26. The summed E-state index contributed by atoms with van der Waals surface area (Å²) >= 11 is 1.67. The first-order valence-electron chi connectivity index (χ1n) is 9.96. The highest BCUT2D eigenvalue weighted by atomic mass is 32.1. The third-order valence-corrected chi connectivity index (χ3v) is 6.73. The molecule has 0 unspecified atom stereocenters. The average molecular weight is 383 g/mol. The van der Waals surface area contributed by atoms with Crippen molar-refractivity contribution in [2.45, 2.75) is 57.0 Å². The predicted molar refractivity (Wildman–Crippen MR) is 110 cm³/mol. The number of rotatable bonds is 5. The van der Waals surface area contributed by atoms with Crippen LogP contribution in [0.5, 0.6) is 0 Å². The standard InChI is InChI=1S/C20H26N6S/c1-26-17(10-12-2-3-12)16(11-22-26)18-15-8-9-27-19(15)25-20(24-18)23-14-6-4-13(21)5-7-14/h8-9,11-14H,2-7,10,21H2,1H3,(H,23,24,25)/t13-,14-. The molecule has 0 spiro atoms. The van der Waals surface area contributed by atoms with Crippen molar-refractivity contribution in [3.63, 3.8) is 0 Å². The number of aryl methyl sites for hydroxylation is 1. The van der Waals surface area contributed by atoms with Crippen molar-refractivity contribution < 1.29 is 0 Å². The van der Waals surface area contributed by atoms with Crippen molar-refractivity contribution in [2.24, 2.45) is 18.7 Å². The fourth-order valence-corrected chi connectivity index (χ4v) is 4.83. The minimum atomic E-state index is 0.347. The Morgan fingerprint density at radius 1 is 1.19 bits per heavy atom. The Labute approximate surface area is 163 Å². The summed E-state index contributed by atoms with van der Waals surface area (Å²) in [5.41, 5.74) is 9.51. The van der Waals surface area contributed by atoms with Crippen LogP contribution in [-0.2, 0) is 13.5 Å². The molecule has 3 aromatic heterocycles. The van der Waals surface area contributed by atoms with Crippen molar-refractivity contribution in [1.29, 1.82) is 0 Å². The molecule has 2 saturated carbocycles. The summed E-state index contributed by atoms with van der Waals surface area (Å²) in [5.74, 6) is 1.55. The van der Waals surface area contributed by atoms with Crippen molar-refractivity contribution in [1.82, 2.24) is 19.7 Å². The molecule has 0 aromatic carbocycles. The van der Waals surface area contributed by atoms with Crippen molar-refractivity contribution >= 4 is 27.5 Å². The van der Waals surface area contributed by atoms with Crippen LogP contribution >= 0.6 is 11.3 Å². The summed E-state index contributed by atoms with van der Waals surface area (Å²) in [6, 6.07) is 2.89. The van der Waals surface area contributed by atoms with Gasteiger partial charge in [0.2, 0.25) is 5.95 Å². The predicted octanol–water partition coefficient (Wildman–Crippen LogP) is 3.73. The Balaban J connectivity index is 1.51. The van der Waals surface area contributed by atoms with Gasteiger partial charge in [-0.15, -0.1) is 11.3 Å². The van der Waals surface area contributed by atoms with Gasteiger partial charge in [-0.2, -0.15) is 5.10 Å². The molecule has 3 heterocycles. The molecule has 0 amide bonds. The van der Waals surface area contributed by atoms with Gasteiger partial charge in [0.25, 0.3) is 0 Å². The third-order valence-electron chi connectivity index (χ3n) is 5.93. The first kappa shape index (κ1) is 17.1. The van der Waals surface area contributed by atoms with Crippen LogP contribution in [-0.4, -0.2) is 31.8 Å². The second-order valence-electron chi connectivity index (χ2n) is 8.07. The summed E-state index contributed by atoms with van der Waals surface area (Å²) < 4.78 is 2.02. The van der Waals surface area contributed by atoms with Crippen LogP contribution in [0.25, 0.3) is 21.5 Å². The molecule has 0 saturated heterocycles. The first-order chi connectivity index (χ1) is 13.2. The number of nitrogens with one attached hydrogen (secondary N) is 1. The number of aromatic nitrogens is 4. The highest BCUT2D eigenvalue weighted by Gasteiger charge is 2.26.